The third kappa shape index (κ3) is 6.76. The van der Waals surface area contributed by atoms with Gasteiger partial charge in [-0.15, -0.1) is 0 Å². The van der Waals surface area contributed by atoms with E-state index < -0.39 is 23.9 Å². The summed E-state index contributed by atoms with van der Waals surface area (Å²) in [5.41, 5.74) is 6.49. The van der Waals surface area contributed by atoms with Crippen molar-refractivity contribution in [1.29, 1.82) is 0 Å². The first-order chi connectivity index (χ1) is 13.8. The molecule has 8 heteroatoms. The zero-order valence-electron chi connectivity index (χ0n) is 16.1. The summed E-state index contributed by atoms with van der Waals surface area (Å²) in [4.78, 5) is 46.3. The Kier molecular flexibility index (Phi) is 7.47. The van der Waals surface area contributed by atoms with Gasteiger partial charge in [-0.1, -0.05) is 0 Å². The van der Waals surface area contributed by atoms with Crippen molar-refractivity contribution in [1.82, 2.24) is 0 Å². The van der Waals surface area contributed by atoms with Crippen LogP contribution in [0, 0.1) is 0 Å². The number of esters is 1. The van der Waals surface area contributed by atoms with E-state index in [1.165, 1.54) is 38.1 Å². The molecule has 2 aromatic rings. The first-order valence-electron chi connectivity index (χ1n) is 8.90. The van der Waals surface area contributed by atoms with E-state index in [4.69, 9.17) is 15.2 Å². The fourth-order valence-electron chi connectivity index (χ4n) is 2.31. The van der Waals surface area contributed by atoms with Crippen LogP contribution >= 0.6 is 0 Å². The molecule has 2 aromatic carbocycles. The summed E-state index contributed by atoms with van der Waals surface area (Å²) >= 11 is 0. The maximum absolute atomic E-state index is 12.1. The van der Waals surface area contributed by atoms with E-state index >= 15 is 0 Å². The summed E-state index contributed by atoms with van der Waals surface area (Å²) in [6, 6.07) is 12.6. The lowest BCUT2D eigenvalue weighted by molar-refractivity contribution is -0.153. The van der Waals surface area contributed by atoms with Gasteiger partial charge in [0.15, 0.2) is 11.9 Å². The van der Waals surface area contributed by atoms with E-state index in [2.05, 4.69) is 5.32 Å². The Morgan fingerprint density at radius 3 is 2.10 bits per heavy atom. The van der Waals surface area contributed by atoms with Gasteiger partial charge in [-0.2, -0.15) is 0 Å². The number of carbonyl (C=O) groups is 4. The van der Waals surface area contributed by atoms with E-state index in [1.54, 1.807) is 24.3 Å². The molecule has 0 aromatic heterocycles. The Morgan fingerprint density at radius 1 is 0.966 bits per heavy atom. The second kappa shape index (κ2) is 10.0. The van der Waals surface area contributed by atoms with Crippen molar-refractivity contribution < 1.29 is 28.7 Å². The molecule has 0 saturated carbocycles. The number of hydrogen-bond donors (Lipinski definition) is 2. The second-order valence-electron chi connectivity index (χ2n) is 6.24. The lowest BCUT2D eigenvalue weighted by Crippen LogP contribution is -2.30. The van der Waals surface area contributed by atoms with Gasteiger partial charge in [0.1, 0.15) is 5.75 Å². The van der Waals surface area contributed by atoms with Crippen molar-refractivity contribution in [3.05, 3.63) is 59.7 Å². The first kappa shape index (κ1) is 21.6. The van der Waals surface area contributed by atoms with E-state index in [-0.39, 0.29) is 18.8 Å². The average molecular weight is 398 g/mol. The van der Waals surface area contributed by atoms with Crippen molar-refractivity contribution >= 4 is 29.3 Å². The molecule has 8 nitrogen and oxygen atoms in total. The maximum atomic E-state index is 12.1. The largest absolute Gasteiger partial charge is 0.493 e. The third-order valence-corrected chi connectivity index (χ3v) is 3.95. The van der Waals surface area contributed by atoms with Gasteiger partial charge in [0.25, 0.3) is 5.91 Å². The molecule has 152 valence electrons. The van der Waals surface area contributed by atoms with Gasteiger partial charge in [0.05, 0.1) is 13.0 Å². The molecular weight excluding hydrogens is 376 g/mol. The zero-order chi connectivity index (χ0) is 21.4. The third-order valence-electron chi connectivity index (χ3n) is 3.95. The van der Waals surface area contributed by atoms with E-state index in [0.29, 0.717) is 22.6 Å². The van der Waals surface area contributed by atoms with E-state index in [0.717, 1.165) is 0 Å². The summed E-state index contributed by atoms with van der Waals surface area (Å²) < 4.78 is 10.5. The molecule has 1 atom stereocenters. The summed E-state index contributed by atoms with van der Waals surface area (Å²) in [6.45, 7) is 2.99. The first-order valence-corrected chi connectivity index (χ1v) is 8.90. The molecular formula is C21H22N2O6. The molecule has 0 saturated heterocycles. The van der Waals surface area contributed by atoms with Crippen molar-refractivity contribution in [2.24, 2.45) is 5.73 Å². The molecule has 3 N–H and O–H groups in total. The molecule has 0 heterocycles. The predicted molar refractivity (Wildman–Crippen MR) is 106 cm³/mol. The number of ether oxygens (including phenoxy) is 2. The number of nitrogens with two attached hydrogens (primary N) is 1. The highest BCUT2D eigenvalue weighted by molar-refractivity contribution is 5.96. The average Bonchev–Trinajstić information content (AvgIpc) is 2.68. The second-order valence-corrected chi connectivity index (χ2v) is 6.24. The highest BCUT2D eigenvalue weighted by atomic mass is 16.5. The van der Waals surface area contributed by atoms with Crippen LogP contribution in [0.3, 0.4) is 0 Å². The minimum absolute atomic E-state index is 0.0423. The van der Waals surface area contributed by atoms with Gasteiger partial charge in [0.2, 0.25) is 5.91 Å². The van der Waals surface area contributed by atoms with Gasteiger partial charge in [-0.25, -0.2) is 0 Å². The summed E-state index contributed by atoms with van der Waals surface area (Å²) in [6.07, 6.45) is -1.05. The number of hydrogen-bond acceptors (Lipinski definition) is 6. The lowest BCUT2D eigenvalue weighted by atomic mass is 10.1. The molecule has 0 fully saturated rings. The van der Waals surface area contributed by atoms with Crippen molar-refractivity contribution in [3.8, 4) is 5.75 Å². The molecule has 2 rings (SSSR count). The monoisotopic (exact) mass is 398 g/mol. The van der Waals surface area contributed by atoms with Gasteiger partial charge in [-0.3, -0.25) is 19.2 Å². The number of amides is 2. The summed E-state index contributed by atoms with van der Waals surface area (Å²) in [7, 11) is 0. The molecule has 0 aliphatic rings. The number of nitrogens with one attached hydrogen (secondary N) is 1. The van der Waals surface area contributed by atoms with Gasteiger partial charge < -0.3 is 20.5 Å². The Labute approximate surface area is 168 Å². The van der Waals surface area contributed by atoms with Crippen molar-refractivity contribution in [2.75, 3.05) is 11.9 Å². The SMILES string of the molecule is CC(=O)c1ccc(OCCC(=O)OC(C)C(=O)Nc2ccc(C(N)=O)cc2)cc1. The standard InChI is InChI=1S/C21H22N2O6/c1-13(24)15-5-9-18(10-6-15)28-12-11-19(25)29-14(2)21(27)23-17-7-3-16(4-8-17)20(22)26/h3-10,14H,11-12H2,1-2H3,(H2,22,26)(H,23,27). The topological polar surface area (TPSA) is 125 Å². The van der Waals surface area contributed by atoms with Crippen molar-refractivity contribution in [3.63, 3.8) is 0 Å². The van der Waals surface area contributed by atoms with Crippen LogP contribution in [0.4, 0.5) is 5.69 Å². The molecule has 1 unspecified atom stereocenters. The Hall–Kier alpha value is -3.68. The highest BCUT2D eigenvalue weighted by Crippen LogP contribution is 2.13. The van der Waals surface area contributed by atoms with E-state index in [1.807, 2.05) is 0 Å². The van der Waals surface area contributed by atoms with Gasteiger partial charge >= 0.3 is 5.97 Å². The molecule has 2 amide bonds. The van der Waals surface area contributed by atoms with Crippen LogP contribution in [0.1, 0.15) is 41.0 Å². The van der Waals surface area contributed by atoms with Crippen LogP contribution in [0.15, 0.2) is 48.5 Å². The minimum Gasteiger partial charge on any atom is -0.493 e. The summed E-state index contributed by atoms with van der Waals surface area (Å²) in [5.74, 6) is -1.19. The zero-order valence-corrected chi connectivity index (χ0v) is 16.1. The Morgan fingerprint density at radius 2 is 1.55 bits per heavy atom. The predicted octanol–water partition coefficient (Wildman–Crippen LogP) is 2.33. The molecule has 0 bridgehead atoms. The number of primary amides is 1. The highest BCUT2D eigenvalue weighted by Gasteiger charge is 2.18. The molecule has 0 aliphatic carbocycles. The number of carbonyl (C=O) groups excluding carboxylic acids is 4. The Bertz CT molecular complexity index is 890. The smallest absolute Gasteiger partial charge is 0.310 e. The summed E-state index contributed by atoms with van der Waals surface area (Å²) in [5, 5.41) is 2.58. The molecule has 0 spiro atoms. The number of benzene rings is 2. The maximum Gasteiger partial charge on any atom is 0.310 e. The quantitative estimate of drug-likeness (QED) is 0.493. The van der Waals surface area contributed by atoms with Crippen LogP contribution < -0.4 is 15.8 Å². The molecule has 0 aliphatic heterocycles. The van der Waals surface area contributed by atoms with Crippen LogP contribution in [-0.4, -0.2) is 36.3 Å². The van der Waals surface area contributed by atoms with Crippen LogP contribution in [0.2, 0.25) is 0 Å². The molecule has 29 heavy (non-hydrogen) atoms. The minimum atomic E-state index is -1.01. The van der Waals surface area contributed by atoms with Gasteiger partial charge in [0, 0.05) is 16.8 Å². The van der Waals surface area contributed by atoms with Crippen molar-refractivity contribution in [2.45, 2.75) is 26.4 Å². The van der Waals surface area contributed by atoms with Crippen LogP contribution in [0.25, 0.3) is 0 Å². The van der Waals surface area contributed by atoms with Gasteiger partial charge in [-0.05, 0) is 62.4 Å². The van der Waals surface area contributed by atoms with E-state index in [9.17, 15) is 19.2 Å². The fraction of sp³-hybridized carbons (Fsp3) is 0.238. The lowest BCUT2D eigenvalue weighted by Gasteiger charge is -2.14. The normalized spacial score (nSPS) is 11.2. The van der Waals surface area contributed by atoms with Crippen LogP contribution in [-0.2, 0) is 14.3 Å². The fourth-order valence-corrected chi connectivity index (χ4v) is 2.31. The Balaban J connectivity index is 1.75. The number of rotatable bonds is 9. The number of anilines is 1. The number of ketones is 1. The molecule has 0 radical (unpaired) electrons. The van der Waals surface area contributed by atoms with Crippen LogP contribution in [0.5, 0.6) is 5.75 Å². The number of Topliss-reactive ketones (excluding diaryl/α,β-unsaturated/α-hetero) is 1.